The molecule has 0 saturated heterocycles. The van der Waals surface area contributed by atoms with Crippen LogP contribution in [0, 0.1) is 0 Å². The molecule has 84 valence electrons. The molecule has 0 aliphatic rings. The molecule has 2 heterocycles. The van der Waals surface area contributed by atoms with Gasteiger partial charge in [0.15, 0.2) is 5.58 Å². The Bertz CT molecular complexity index is 674. The Morgan fingerprint density at radius 1 is 1.18 bits per heavy atom. The molecule has 2 aromatic heterocycles. The normalized spacial score (nSPS) is 10.8. The highest BCUT2D eigenvalue weighted by Gasteiger charge is 2.08. The lowest BCUT2D eigenvalue weighted by molar-refractivity contribution is 0.474. The molecular weight excluding hydrogens is 218 g/mol. The van der Waals surface area contributed by atoms with Gasteiger partial charge in [-0.3, -0.25) is 0 Å². The van der Waals surface area contributed by atoms with Crippen molar-refractivity contribution in [3.8, 4) is 17.2 Å². The number of fused-ring (bicyclic) bond motifs is 1. The first-order valence-corrected chi connectivity index (χ1v) is 5.04. The van der Waals surface area contributed by atoms with Crippen LogP contribution in [0.4, 0.5) is 5.82 Å². The molecule has 5 nitrogen and oxygen atoms in total. The molecule has 0 amide bonds. The molecule has 0 aliphatic carbocycles. The van der Waals surface area contributed by atoms with E-state index in [1.165, 1.54) is 6.07 Å². The van der Waals surface area contributed by atoms with Gasteiger partial charge in [0.05, 0.1) is 5.56 Å². The maximum absolute atomic E-state index is 9.33. The van der Waals surface area contributed by atoms with E-state index in [0.29, 0.717) is 22.8 Å². The van der Waals surface area contributed by atoms with Crippen LogP contribution in [0.3, 0.4) is 0 Å². The Balaban J connectivity index is 2.14. The number of rotatable bonds is 1. The number of nitrogens with zero attached hydrogens (tertiary/aromatic N) is 2. The van der Waals surface area contributed by atoms with Crippen LogP contribution in [-0.4, -0.2) is 15.1 Å². The largest absolute Gasteiger partial charge is 0.508 e. The van der Waals surface area contributed by atoms with Crippen molar-refractivity contribution in [1.29, 1.82) is 0 Å². The Kier molecular flexibility index (Phi) is 1.98. The summed E-state index contributed by atoms with van der Waals surface area (Å²) in [6.45, 7) is 0. The average Bonchev–Trinajstić information content (AvgIpc) is 2.72. The van der Waals surface area contributed by atoms with Crippen LogP contribution in [0.25, 0.3) is 22.6 Å². The quantitative estimate of drug-likeness (QED) is 0.665. The van der Waals surface area contributed by atoms with Crippen LogP contribution in [-0.2, 0) is 0 Å². The van der Waals surface area contributed by atoms with Crippen molar-refractivity contribution in [2.24, 2.45) is 0 Å². The fraction of sp³-hybridized carbons (Fsp3) is 0. The number of pyridine rings is 1. The monoisotopic (exact) mass is 227 g/mol. The first-order chi connectivity index (χ1) is 8.22. The molecular formula is C12H9N3O2. The molecule has 0 atom stereocenters. The smallest absolute Gasteiger partial charge is 0.228 e. The maximum atomic E-state index is 9.33. The first kappa shape index (κ1) is 9.65. The van der Waals surface area contributed by atoms with Gasteiger partial charge in [-0.15, -0.1) is 0 Å². The van der Waals surface area contributed by atoms with Crippen molar-refractivity contribution >= 4 is 16.9 Å². The lowest BCUT2D eigenvalue weighted by atomic mass is 10.3. The SMILES string of the molecule is Nc1ccc(-c2nc3ccc(O)cc3o2)cn1. The highest BCUT2D eigenvalue weighted by Crippen LogP contribution is 2.26. The number of oxazole rings is 1. The van der Waals surface area contributed by atoms with Crippen molar-refractivity contribution in [3.63, 3.8) is 0 Å². The second-order valence-electron chi connectivity index (χ2n) is 3.64. The average molecular weight is 227 g/mol. The summed E-state index contributed by atoms with van der Waals surface area (Å²) in [7, 11) is 0. The highest BCUT2D eigenvalue weighted by atomic mass is 16.3. The third-order valence-electron chi connectivity index (χ3n) is 2.41. The topological polar surface area (TPSA) is 85.2 Å². The van der Waals surface area contributed by atoms with Gasteiger partial charge in [-0.1, -0.05) is 0 Å². The molecule has 0 aliphatic heterocycles. The van der Waals surface area contributed by atoms with Gasteiger partial charge in [0.1, 0.15) is 17.1 Å². The molecule has 0 fully saturated rings. The zero-order valence-corrected chi connectivity index (χ0v) is 8.79. The van der Waals surface area contributed by atoms with E-state index in [2.05, 4.69) is 9.97 Å². The van der Waals surface area contributed by atoms with Crippen molar-refractivity contribution in [2.45, 2.75) is 0 Å². The summed E-state index contributed by atoms with van der Waals surface area (Å²) in [4.78, 5) is 8.27. The van der Waals surface area contributed by atoms with Gasteiger partial charge in [0.25, 0.3) is 0 Å². The van der Waals surface area contributed by atoms with E-state index < -0.39 is 0 Å². The number of aromatic nitrogens is 2. The Hall–Kier alpha value is -2.56. The molecule has 3 rings (SSSR count). The second kappa shape index (κ2) is 3.48. The van der Waals surface area contributed by atoms with E-state index in [0.717, 1.165) is 5.56 Å². The van der Waals surface area contributed by atoms with Crippen molar-refractivity contribution in [3.05, 3.63) is 36.5 Å². The fourth-order valence-electron chi connectivity index (χ4n) is 1.57. The molecule has 3 aromatic rings. The van der Waals surface area contributed by atoms with E-state index in [1.807, 2.05) is 0 Å². The molecule has 0 bridgehead atoms. The van der Waals surface area contributed by atoms with Crippen LogP contribution in [0.2, 0.25) is 0 Å². The van der Waals surface area contributed by atoms with Gasteiger partial charge >= 0.3 is 0 Å². The zero-order valence-electron chi connectivity index (χ0n) is 8.79. The lowest BCUT2D eigenvalue weighted by Crippen LogP contribution is -1.88. The second-order valence-corrected chi connectivity index (χ2v) is 3.64. The molecule has 0 radical (unpaired) electrons. The Morgan fingerprint density at radius 3 is 2.82 bits per heavy atom. The van der Waals surface area contributed by atoms with Crippen molar-refractivity contribution in [2.75, 3.05) is 5.73 Å². The van der Waals surface area contributed by atoms with Crippen LogP contribution >= 0.6 is 0 Å². The standard InChI is InChI=1S/C12H9N3O2/c13-11-4-1-7(6-14-11)12-15-9-3-2-8(16)5-10(9)17-12/h1-6,16H,(H2,13,14). The van der Waals surface area contributed by atoms with E-state index in [4.69, 9.17) is 10.2 Å². The minimum absolute atomic E-state index is 0.149. The summed E-state index contributed by atoms with van der Waals surface area (Å²) >= 11 is 0. The third kappa shape index (κ3) is 1.67. The van der Waals surface area contributed by atoms with E-state index in [9.17, 15) is 5.11 Å². The van der Waals surface area contributed by atoms with Crippen molar-refractivity contribution in [1.82, 2.24) is 9.97 Å². The van der Waals surface area contributed by atoms with Crippen LogP contribution in [0.1, 0.15) is 0 Å². The maximum Gasteiger partial charge on any atom is 0.228 e. The molecule has 0 unspecified atom stereocenters. The van der Waals surface area contributed by atoms with Crippen LogP contribution in [0.15, 0.2) is 40.9 Å². The number of nitrogens with two attached hydrogens (primary N) is 1. The van der Waals surface area contributed by atoms with E-state index in [1.54, 1.807) is 30.5 Å². The molecule has 0 spiro atoms. The molecule has 1 aromatic carbocycles. The zero-order chi connectivity index (χ0) is 11.8. The summed E-state index contributed by atoms with van der Waals surface area (Å²) in [6.07, 6.45) is 1.60. The Labute approximate surface area is 96.5 Å². The number of benzene rings is 1. The Morgan fingerprint density at radius 2 is 2.06 bits per heavy atom. The molecule has 5 heteroatoms. The van der Waals surface area contributed by atoms with E-state index >= 15 is 0 Å². The van der Waals surface area contributed by atoms with Gasteiger partial charge < -0.3 is 15.3 Å². The van der Waals surface area contributed by atoms with Gasteiger partial charge in [0, 0.05) is 12.3 Å². The fourth-order valence-corrected chi connectivity index (χ4v) is 1.57. The minimum atomic E-state index is 0.149. The molecule has 0 saturated carbocycles. The number of hydrogen-bond acceptors (Lipinski definition) is 5. The van der Waals surface area contributed by atoms with Gasteiger partial charge in [-0.25, -0.2) is 9.97 Å². The van der Waals surface area contributed by atoms with Crippen molar-refractivity contribution < 1.29 is 9.52 Å². The summed E-state index contributed by atoms with van der Waals surface area (Å²) in [5, 5.41) is 9.33. The summed E-state index contributed by atoms with van der Waals surface area (Å²) in [5.41, 5.74) is 7.48. The number of nitrogen functional groups attached to an aromatic ring is 1. The molecule has 3 N–H and O–H groups in total. The first-order valence-electron chi connectivity index (χ1n) is 5.04. The summed E-state index contributed by atoms with van der Waals surface area (Å²) in [6, 6.07) is 8.25. The van der Waals surface area contributed by atoms with E-state index in [-0.39, 0.29) is 5.75 Å². The molecule has 17 heavy (non-hydrogen) atoms. The van der Waals surface area contributed by atoms with Gasteiger partial charge in [-0.2, -0.15) is 0 Å². The van der Waals surface area contributed by atoms with Crippen LogP contribution in [0.5, 0.6) is 5.75 Å². The number of phenols is 1. The predicted octanol–water partition coefficient (Wildman–Crippen LogP) is 2.18. The predicted molar refractivity (Wildman–Crippen MR) is 63.3 cm³/mol. The summed E-state index contributed by atoms with van der Waals surface area (Å²) < 4.78 is 5.52. The third-order valence-corrected chi connectivity index (χ3v) is 2.41. The van der Waals surface area contributed by atoms with Gasteiger partial charge in [-0.05, 0) is 24.3 Å². The number of anilines is 1. The van der Waals surface area contributed by atoms with Crippen LogP contribution < -0.4 is 5.73 Å². The van der Waals surface area contributed by atoms with Gasteiger partial charge in [0.2, 0.25) is 5.89 Å². The highest BCUT2D eigenvalue weighted by molar-refractivity contribution is 5.77. The number of hydrogen-bond donors (Lipinski definition) is 2. The minimum Gasteiger partial charge on any atom is -0.508 e. The number of aromatic hydroxyl groups is 1. The lowest BCUT2D eigenvalue weighted by Gasteiger charge is -1.94. The summed E-state index contributed by atoms with van der Waals surface area (Å²) in [5.74, 6) is 1.05. The number of phenolic OH excluding ortho intramolecular Hbond substituents is 1.